The molecule has 1 aliphatic heterocycles. The number of anilines is 1. The molecule has 1 aliphatic rings. The van der Waals surface area contributed by atoms with Crippen LogP contribution in [-0.2, 0) is 17.7 Å². The molecule has 144 valence electrons. The molecular weight excluding hydrogens is 348 g/mol. The molecule has 8 nitrogen and oxygen atoms in total. The predicted molar refractivity (Wildman–Crippen MR) is 99.7 cm³/mol. The van der Waals surface area contributed by atoms with E-state index in [-0.39, 0.29) is 12.5 Å². The Morgan fingerprint density at radius 3 is 2.67 bits per heavy atom. The maximum Gasteiger partial charge on any atom is 0.410 e. The van der Waals surface area contributed by atoms with Gasteiger partial charge in [0, 0.05) is 17.7 Å². The molecule has 0 fully saturated rings. The number of fused-ring (bicyclic) bond motifs is 1. The zero-order valence-corrected chi connectivity index (χ0v) is 16.0. The van der Waals surface area contributed by atoms with E-state index in [2.05, 4.69) is 5.10 Å². The predicted octanol–water partition coefficient (Wildman–Crippen LogP) is 2.46. The lowest BCUT2D eigenvalue weighted by Crippen LogP contribution is -2.39. The summed E-state index contributed by atoms with van der Waals surface area (Å²) in [6.45, 7) is 6.18. The smallest absolute Gasteiger partial charge is 0.410 e. The number of methoxy groups -OCH3 is 1. The van der Waals surface area contributed by atoms with Crippen LogP contribution in [-0.4, -0.2) is 45.9 Å². The van der Waals surface area contributed by atoms with E-state index in [1.165, 1.54) is 11.8 Å². The van der Waals surface area contributed by atoms with Crippen molar-refractivity contribution in [3.63, 3.8) is 0 Å². The Bertz CT molecular complexity index is 882. The number of hydrogen-bond donors (Lipinski definition) is 1. The monoisotopic (exact) mass is 372 g/mol. The first-order valence-corrected chi connectivity index (χ1v) is 8.72. The molecule has 1 aromatic heterocycles. The molecule has 0 bridgehead atoms. The van der Waals surface area contributed by atoms with E-state index >= 15 is 0 Å². The molecule has 2 N–H and O–H groups in total. The third-order valence-corrected chi connectivity index (χ3v) is 4.24. The minimum absolute atomic E-state index is 0.257. The number of nitrogens with two attached hydrogens (primary N) is 1. The second-order valence-corrected chi connectivity index (χ2v) is 7.41. The number of aromatic nitrogens is 2. The van der Waals surface area contributed by atoms with Crippen molar-refractivity contribution in [3.05, 3.63) is 41.1 Å². The third kappa shape index (κ3) is 3.89. The van der Waals surface area contributed by atoms with Gasteiger partial charge < -0.3 is 20.1 Å². The van der Waals surface area contributed by atoms with Crippen LogP contribution in [0.5, 0.6) is 5.75 Å². The molecule has 2 heterocycles. The second-order valence-electron chi connectivity index (χ2n) is 7.41. The first-order chi connectivity index (χ1) is 12.7. The van der Waals surface area contributed by atoms with Crippen LogP contribution < -0.4 is 10.5 Å². The highest BCUT2D eigenvalue weighted by molar-refractivity contribution is 5.97. The maximum absolute atomic E-state index is 12.8. The normalized spacial score (nSPS) is 13.9. The topological polar surface area (TPSA) is 99.7 Å². The van der Waals surface area contributed by atoms with Gasteiger partial charge in [-0.15, -0.1) is 0 Å². The SMILES string of the molecule is COc1cccc(C(=O)n2nc3c(c2N)CCN(C(=O)OC(C)(C)C)C3)c1. The van der Waals surface area contributed by atoms with Gasteiger partial charge in [0.25, 0.3) is 5.91 Å². The van der Waals surface area contributed by atoms with Gasteiger partial charge in [0.2, 0.25) is 0 Å². The fraction of sp³-hybridized carbons (Fsp3) is 0.421. The van der Waals surface area contributed by atoms with Crippen LogP contribution in [0.15, 0.2) is 24.3 Å². The van der Waals surface area contributed by atoms with Crippen LogP contribution in [0.25, 0.3) is 0 Å². The quantitative estimate of drug-likeness (QED) is 0.869. The highest BCUT2D eigenvalue weighted by atomic mass is 16.6. The van der Waals surface area contributed by atoms with E-state index < -0.39 is 11.7 Å². The Morgan fingerprint density at radius 2 is 2.00 bits per heavy atom. The van der Waals surface area contributed by atoms with Gasteiger partial charge in [0.15, 0.2) is 0 Å². The van der Waals surface area contributed by atoms with Gasteiger partial charge in [-0.25, -0.2) is 4.79 Å². The summed E-state index contributed by atoms with van der Waals surface area (Å²) in [5.74, 6) is 0.540. The number of amides is 1. The average Bonchev–Trinajstić information content (AvgIpc) is 2.96. The highest BCUT2D eigenvalue weighted by Gasteiger charge is 2.30. The van der Waals surface area contributed by atoms with Crippen molar-refractivity contribution in [2.75, 3.05) is 19.4 Å². The summed E-state index contributed by atoms with van der Waals surface area (Å²) in [4.78, 5) is 26.7. The van der Waals surface area contributed by atoms with Crippen LogP contribution in [0.2, 0.25) is 0 Å². The Balaban J connectivity index is 1.84. The molecule has 0 saturated heterocycles. The molecule has 0 atom stereocenters. The van der Waals surface area contributed by atoms with Gasteiger partial charge >= 0.3 is 6.09 Å². The number of nitrogens with zero attached hydrogens (tertiary/aromatic N) is 3. The van der Waals surface area contributed by atoms with E-state index in [0.29, 0.717) is 35.8 Å². The van der Waals surface area contributed by atoms with E-state index in [1.807, 2.05) is 20.8 Å². The third-order valence-electron chi connectivity index (χ3n) is 4.24. The van der Waals surface area contributed by atoms with Crippen molar-refractivity contribution in [2.45, 2.75) is 39.3 Å². The molecule has 8 heteroatoms. The summed E-state index contributed by atoms with van der Waals surface area (Å²) in [5.41, 5.74) is 7.43. The van der Waals surface area contributed by atoms with Gasteiger partial charge in [0.05, 0.1) is 19.3 Å². The molecule has 3 rings (SSSR count). The summed E-state index contributed by atoms with van der Waals surface area (Å²) in [6.07, 6.45) is 0.117. The Kier molecular flexibility index (Phi) is 4.82. The van der Waals surface area contributed by atoms with Crippen LogP contribution in [0.4, 0.5) is 10.6 Å². The van der Waals surface area contributed by atoms with Crippen LogP contribution >= 0.6 is 0 Å². The maximum atomic E-state index is 12.8. The molecule has 27 heavy (non-hydrogen) atoms. The van der Waals surface area contributed by atoms with Crippen molar-refractivity contribution >= 4 is 17.8 Å². The second kappa shape index (κ2) is 6.94. The molecule has 1 aromatic carbocycles. The van der Waals surface area contributed by atoms with Crippen molar-refractivity contribution in [2.24, 2.45) is 0 Å². The van der Waals surface area contributed by atoms with Gasteiger partial charge in [-0.1, -0.05) is 6.07 Å². The number of nitrogen functional groups attached to an aromatic ring is 1. The standard InChI is InChI=1S/C19H24N4O4/c1-19(2,3)27-18(25)22-9-8-14-15(11-22)21-23(16(14)20)17(24)12-6-5-7-13(10-12)26-4/h5-7,10H,8-9,11,20H2,1-4H3. The van der Waals surface area contributed by atoms with Crippen molar-refractivity contribution in [3.8, 4) is 5.75 Å². The van der Waals surface area contributed by atoms with Crippen LogP contribution in [0.1, 0.15) is 42.4 Å². The first-order valence-electron chi connectivity index (χ1n) is 8.72. The molecule has 0 aliphatic carbocycles. The van der Waals surface area contributed by atoms with E-state index in [1.54, 1.807) is 29.2 Å². The fourth-order valence-electron chi connectivity index (χ4n) is 2.93. The first kappa shape index (κ1) is 18.8. The van der Waals surface area contributed by atoms with Crippen LogP contribution in [0, 0.1) is 0 Å². The number of carbonyl (C=O) groups excluding carboxylic acids is 2. The summed E-state index contributed by atoms with van der Waals surface area (Å²) in [5, 5.41) is 4.36. The largest absolute Gasteiger partial charge is 0.497 e. The fourth-order valence-corrected chi connectivity index (χ4v) is 2.93. The van der Waals surface area contributed by atoms with Crippen molar-refractivity contribution < 1.29 is 19.1 Å². The Labute approximate surface area is 157 Å². The van der Waals surface area contributed by atoms with E-state index in [9.17, 15) is 9.59 Å². The van der Waals surface area contributed by atoms with E-state index in [0.717, 1.165) is 5.56 Å². The molecule has 0 spiro atoms. The van der Waals surface area contributed by atoms with Gasteiger partial charge in [-0.3, -0.25) is 4.79 Å². The number of benzene rings is 1. The lowest BCUT2D eigenvalue weighted by molar-refractivity contribution is 0.0221. The molecule has 0 saturated carbocycles. The van der Waals surface area contributed by atoms with Crippen LogP contribution in [0.3, 0.4) is 0 Å². The minimum atomic E-state index is -0.571. The molecule has 0 unspecified atom stereocenters. The summed E-state index contributed by atoms with van der Waals surface area (Å²) >= 11 is 0. The van der Waals surface area contributed by atoms with Crippen molar-refractivity contribution in [1.82, 2.24) is 14.7 Å². The zero-order valence-electron chi connectivity index (χ0n) is 16.0. The molecule has 2 aromatic rings. The number of rotatable bonds is 2. The Hall–Kier alpha value is -3.03. The molecule has 0 radical (unpaired) electrons. The average molecular weight is 372 g/mol. The van der Waals surface area contributed by atoms with Crippen molar-refractivity contribution in [1.29, 1.82) is 0 Å². The minimum Gasteiger partial charge on any atom is -0.497 e. The van der Waals surface area contributed by atoms with Gasteiger partial charge in [0.1, 0.15) is 17.2 Å². The lowest BCUT2D eigenvalue weighted by atomic mass is 10.1. The van der Waals surface area contributed by atoms with Gasteiger partial charge in [-0.05, 0) is 45.4 Å². The number of hydrogen-bond acceptors (Lipinski definition) is 6. The van der Waals surface area contributed by atoms with Gasteiger partial charge in [-0.2, -0.15) is 9.78 Å². The highest BCUT2D eigenvalue weighted by Crippen LogP contribution is 2.26. The molecule has 1 amide bonds. The number of carbonyl (C=O) groups is 2. The number of ether oxygens (including phenoxy) is 2. The zero-order chi connectivity index (χ0) is 19.8. The summed E-state index contributed by atoms with van der Waals surface area (Å²) in [7, 11) is 1.54. The van der Waals surface area contributed by atoms with E-state index in [4.69, 9.17) is 15.2 Å². The summed E-state index contributed by atoms with van der Waals surface area (Å²) in [6, 6.07) is 6.80. The Morgan fingerprint density at radius 1 is 1.26 bits per heavy atom. The molecular formula is C19H24N4O4. The lowest BCUT2D eigenvalue weighted by Gasteiger charge is -2.29. The summed E-state index contributed by atoms with van der Waals surface area (Å²) < 4.78 is 11.8.